The van der Waals surface area contributed by atoms with Crippen molar-refractivity contribution in [2.24, 2.45) is 0 Å². The number of amides is 1. The molecule has 1 atom stereocenters. The van der Waals surface area contributed by atoms with Crippen LogP contribution >= 0.6 is 0 Å². The van der Waals surface area contributed by atoms with Gasteiger partial charge in [-0.1, -0.05) is 18.2 Å². The Hall–Kier alpha value is -3.49. The first kappa shape index (κ1) is 17.3. The number of anilines is 1. The number of nitro groups is 2. The molecule has 1 N–H and O–H groups in total. The van der Waals surface area contributed by atoms with Crippen molar-refractivity contribution in [3.8, 4) is 0 Å². The van der Waals surface area contributed by atoms with Crippen LogP contribution in [0.3, 0.4) is 0 Å². The molecule has 134 valence electrons. The van der Waals surface area contributed by atoms with E-state index in [1.54, 1.807) is 4.90 Å². The SMILES string of the molecule is O=C(c1cc([N+](=O)[O-])cc([N+](=O)[O-])c1)N1CCC(Nc2ccccc2)C1. The van der Waals surface area contributed by atoms with Crippen molar-refractivity contribution < 1.29 is 14.6 Å². The summed E-state index contributed by atoms with van der Waals surface area (Å²) in [5, 5.41) is 25.3. The molecule has 1 aliphatic rings. The Labute approximate surface area is 148 Å². The van der Waals surface area contributed by atoms with Crippen molar-refractivity contribution in [3.05, 3.63) is 74.3 Å². The van der Waals surface area contributed by atoms with Gasteiger partial charge in [-0.05, 0) is 18.6 Å². The van der Waals surface area contributed by atoms with Crippen LogP contribution in [0.2, 0.25) is 0 Å². The third kappa shape index (κ3) is 3.77. The summed E-state index contributed by atoms with van der Waals surface area (Å²) < 4.78 is 0. The summed E-state index contributed by atoms with van der Waals surface area (Å²) in [5.41, 5.74) is -0.0505. The number of para-hydroxylation sites is 1. The Kier molecular flexibility index (Phi) is 4.78. The molecule has 9 nitrogen and oxygen atoms in total. The highest BCUT2D eigenvalue weighted by molar-refractivity contribution is 5.95. The van der Waals surface area contributed by atoms with E-state index in [2.05, 4.69) is 5.32 Å². The molecule has 2 aromatic rings. The van der Waals surface area contributed by atoms with E-state index < -0.39 is 27.1 Å². The van der Waals surface area contributed by atoms with E-state index in [-0.39, 0.29) is 11.6 Å². The van der Waals surface area contributed by atoms with Gasteiger partial charge in [-0.2, -0.15) is 0 Å². The summed E-state index contributed by atoms with van der Waals surface area (Å²) in [6.45, 7) is 0.893. The van der Waals surface area contributed by atoms with Crippen LogP contribution < -0.4 is 5.32 Å². The second kappa shape index (κ2) is 7.18. The summed E-state index contributed by atoms with van der Waals surface area (Å²) in [6, 6.07) is 12.6. The molecule has 3 rings (SSSR count). The van der Waals surface area contributed by atoms with Crippen LogP contribution in [0, 0.1) is 20.2 Å². The number of carbonyl (C=O) groups excluding carboxylic acids is 1. The number of rotatable bonds is 5. The average molecular weight is 356 g/mol. The van der Waals surface area contributed by atoms with Gasteiger partial charge in [-0.25, -0.2) is 0 Å². The smallest absolute Gasteiger partial charge is 0.277 e. The Morgan fingerprint density at radius 3 is 2.23 bits per heavy atom. The Morgan fingerprint density at radius 2 is 1.65 bits per heavy atom. The number of non-ortho nitro benzene ring substituents is 2. The largest absolute Gasteiger partial charge is 0.380 e. The van der Waals surface area contributed by atoms with Crippen molar-refractivity contribution in [1.82, 2.24) is 4.90 Å². The van der Waals surface area contributed by atoms with Crippen molar-refractivity contribution in [2.75, 3.05) is 18.4 Å². The monoisotopic (exact) mass is 356 g/mol. The molecule has 26 heavy (non-hydrogen) atoms. The number of likely N-dealkylation sites (tertiary alicyclic amines) is 1. The molecule has 1 amide bonds. The predicted octanol–water partition coefficient (Wildman–Crippen LogP) is 2.83. The van der Waals surface area contributed by atoms with Gasteiger partial charge in [0.05, 0.1) is 21.5 Å². The number of nitro benzene ring substituents is 2. The topological polar surface area (TPSA) is 119 Å². The maximum absolute atomic E-state index is 12.6. The van der Waals surface area contributed by atoms with Gasteiger partial charge in [0, 0.05) is 37.0 Å². The van der Waals surface area contributed by atoms with Gasteiger partial charge in [-0.15, -0.1) is 0 Å². The second-order valence-electron chi connectivity index (χ2n) is 6.00. The van der Waals surface area contributed by atoms with Gasteiger partial charge in [0.1, 0.15) is 0 Å². The van der Waals surface area contributed by atoms with Crippen molar-refractivity contribution >= 4 is 23.0 Å². The maximum Gasteiger partial charge on any atom is 0.277 e. The van der Waals surface area contributed by atoms with E-state index >= 15 is 0 Å². The molecule has 1 unspecified atom stereocenters. The molecule has 0 bridgehead atoms. The molecule has 9 heteroatoms. The first-order valence-electron chi connectivity index (χ1n) is 7.99. The van der Waals surface area contributed by atoms with Crippen molar-refractivity contribution in [3.63, 3.8) is 0 Å². The molecule has 1 saturated heterocycles. The fourth-order valence-electron chi connectivity index (χ4n) is 2.94. The van der Waals surface area contributed by atoms with Gasteiger partial charge in [0.15, 0.2) is 0 Å². The van der Waals surface area contributed by atoms with Crippen LogP contribution in [0.1, 0.15) is 16.8 Å². The lowest BCUT2D eigenvalue weighted by Gasteiger charge is -2.17. The standard InChI is InChI=1S/C17H16N4O5/c22-17(12-8-15(20(23)24)10-16(9-12)21(25)26)19-7-6-14(11-19)18-13-4-2-1-3-5-13/h1-5,8-10,14,18H,6-7,11H2. The van der Waals surface area contributed by atoms with E-state index in [1.165, 1.54) is 0 Å². The summed E-state index contributed by atoms with van der Waals surface area (Å²) in [6.07, 6.45) is 0.720. The highest BCUT2D eigenvalue weighted by Gasteiger charge is 2.29. The Morgan fingerprint density at radius 1 is 1.04 bits per heavy atom. The number of benzene rings is 2. The summed E-state index contributed by atoms with van der Waals surface area (Å²) >= 11 is 0. The molecule has 2 aromatic carbocycles. The summed E-state index contributed by atoms with van der Waals surface area (Å²) in [7, 11) is 0. The predicted molar refractivity (Wildman–Crippen MR) is 94.1 cm³/mol. The van der Waals surface area contributed by atoms with Gasteiger partial charge in [0.25, 0.3) is 17.3 Å². The number of nitrogens with zero attached hydrogens (tertiary/aromatic N) is 3. The lowest BCUT2D eigenvalue weighted by molar-refractivity contribution is -0.394. The van der Waals surface area contributed by atoms with Crippen LogP contribution in [0.5, 0.6) is 0 Å². The summed E-state index contributed by atoms with van der Waals surface area (Å²) in [4.78, 5) is 34.7. The van der Waals surface area contributed by atoms with Gasteiger partial charge in [-0.3, -0.25) is 25.0 Å². The average Bonchev–Trinajstić information content (AvgIpc) is 3.09. The van der Waals surface area contributed by atoms with Crippen molar-refractivity contribution in [1.29, 1.82) is 0 Å². The molecule has 0 aliphatic carbocycles. The van der Waals surface area contributed by atoms with Gasteiger partial charge < -0.3 is 10.2 Å². The Bertz CT molecular complexity index is 823. The first-order chi connectivity index (χ1) is 12.4. The van der Waals surface area contributed by atoms with Gasteiger partial charge >= 0.3 is 0 Å². The minimum absolute atomic E-state index is 0.0498. The normalized spacial score (nSPS) is 16.3. The zero-order valence-electron chi connectivity index (χ0n) is 13.7. The quantitative estimate of drug-likeness (QED) is 0.650. The van der Waals surface area contributed by atoms with E-state index in [1.807, 2.05) is 30.3 Å². The summed E-state index contributed by atoms with van der Waals surface area (Å²) in [5.74, 6) is -0.450. The van der Waals surface area contributed by atoms with E-state index in [4.69, 9.17) is 0 Å². The fourth-order valence-corrected chi connectivity index (χ4v) is 2.94. The van der Waals surface area contributed by atoms with Crippen LogP contribution in [-0.4, -0.2) is 39.8 Å². The second-order valence-corrected chi connectivity index (χ2v) is 6.00. The molecule has 0 saturated carbocycles. The van der Waals surface area contributed by atoms with Gasteiger partial charge in [0.2, 0.25) is 0 Å². The zero-order valence-corrected chi connectivity index (χ0v) is 13.7. The molecule has 1 heterocycles. The third-order valence-electron chi connectivity index (χ3n) is 4.19. The molecule has 1 aliphatic heterocycles. The first-order valence-corrected chi connectivity index (χ1v) is 7.99. The highest BCUT2D eigenvalue weighted by Crippen LogP contribution is 2.25. The van der Waals surface area contributed by atoms with Crippen LogP contribution in [-0.2, 0) is 0 Å². The van der Waals surface area contributed by atoms with Crippen molar-refractivity contribution in [2.45, 2.75) is 12.5 Å². The molecular formula is C17H16N4O5. The number of hydrogen-bond donors (Lipinski definition) is 1. The van der Waals surface area contributed by atoms with Crippen LogP contribution in [0.15, 0.2) is 48.5 Å². The van der Waals surface area contributed by atoms with E-state index in [9.17, 15) is 25.0 Å². The fraction of sp³-hybridized carbons (Fsp3) is 0.235. The molecular weight excluding hydrogens is 340 g/mol. The number of nitrogens with one attached hydrogen (secondary N) is 1. The van der Waals surface area contributed by atoms with E-state index in [0.29, 0.717) is 13.1 Å². The minimum atomic E-state index is -0.743. The maximum atomic E-state index is 12.6. The lowest BCUT2D eigenvalue weighted by Crippen LogP contribution is -2.31. The zero-order chi connectivity index (χ0) is 18.7. The molecule has 1 fully saturated rings. The van der Waals surface area contributed by atoms with E-state index in [0.717, 1.165) is 30.3 Å². The van der Waals surface area contributed by atoms with Crippen LogP contribution in [0.25, 0.3) is 0 Å². The minimum Gasteiger partial charge on any atom is -0.380 e. The van der Waals surface area contributed by atoms with Crippen LogP contribution in [0.4, 0.5) is 17.1 Å². The molecule has 0 aromatic heterocycles. The number of carbonyl (C=O) groups is 1. The number of hydrogen-bond acceptors (Lipinski definition) is 6. The third-order valence-corrected chi connectivity index (χ3v) is 4.19. The highest BCUT2D eigenvalue weighted by atomic mass is 16.6. The molecule has 0 radical (unpaired) electrons. The lowest BCUT2D eigenvalue weighted by atomic mass is 10.1. The molecule has 0 spiro atoms. The Balaban J connectivity index is 1.75.